The summed E-state index contributed by atoms with van der Waals surface area (Å²) in [6, 6.07) is 1.80. The maximum absolute atomic E-state index is 5.69. The van der Waals surface area contributed by atoms with E-state index in [2.05, 4.69) is 35.9 Å². The highest BCUT2D eigenvalue weighted by Crippen LogP contribution is 2.30. The standard InChI is InChI=1S/C8H4BrClN4S/c9-5-3-12-8(10)14-7(5)15-6-1-2-11-4-13-6/h1-4H. The molecule has 15 heavy (non-hydrogen) atoms. The number of hydrogen-bond acceptors (Lipinski definition) is 5. The fourth-order valence-electron chi connectivity index (χ4n) is 0.841. The van der Waals surface area contributed by atoms with E-state index in [-0.39, 0.29) is 5.28 Å². The first kappa shape index (κ1) is 10.8. The molecule has 76 valence electrons. The van der Waals surface area contributed by atoms with E-state index >= 15 is 0 Å². The Bertz CT molecular complexity index is 467. The van der Waals surface area contributed by atoms with Crippen molar-refractivity contribution in [2.75, 3.05) is 0 Å². The molecule has 0 aliphatic carbocycles. The SMILES string of the molecule is Clc1ncc(Br)c(Sc2ccncn2)n1. The molecule has 0 amide bonds. The van der Waals surface area contributed by atoms with E-state index in [1.165, 1.54) is 18.1 Å². The number of rotatable bonds is 2. The zero-order valence-electron chi connectivity index (χ0n) is 7.26. The van der Waals surface area contributed by atoms with Crippen molar-refractivity contribution in [3.63, 3.8) is 0 Å². The van der Waals surface area contributed by atoms with E-state index < -0.39 is 0 Å². The molecule has 4 nitrogen and oxygen atoms in total. The molecule has 2 rings (SSSR count). The molecule has 2 aromatic heterocycles. The first-order chi connectivity index (χ1) is 7.25. The van der Waals surface area contributed by atoms with E-state index in [1.54, 1.807) is 18.5 Å². The summed E-state index contributed by atoms with van der Waals surface area (Å²) in [6.07, 6.45) is 4.77. The molecule has 0 aliphatic rings. The van der Waals surface area contributed by atoms with Crippen LogP contribution in [0.2, 0.25) is 5.28 Å². The minimum Gasteiger partial charge on any atom is -0.245 e. The molecule has 0 saturated carbocycles. The summed E-state index contributed by atoms with van der Waals surface area (Å²) >= 11 is 10.4. The third-order valence-corrected chi connectivity index (χ3v) is 3.42. The first-order valence-electron chi connectivity index (χ1n) is 3.87. The average Bonchev–Trinajstić information content (AvgIpc) is 2.25. The predicted octanol–water partition coefficient (Wildman–Crippen LogP) is 2.83. The summed E-state index contributed by atoms with van der Waals surface area (Å²) in [5.41, 5.74) is 0. The zero-order valence-corrected chi connectivity index (χ0v) is 10.4. The van der Waals surface area contributed by atoms with Gasteiger partial charge in [0.2, 0.25) is 5.28 Å². The Morgan fingerprint density at radius 2 is 2.20 bits per heavy atom. The fourth-order valence-corrected chi connectivity index (χ4v) is 2.17. The lowest BCUT2D eigenvalue weighted by Crippen LogP contribution is -1.88. The number of halogens is 2. The van der Waals surface area contributed by atoms with Crippen molar-refractivity contribution >= 4 is 39.3 Å². The Hall–Kier alpha value is -0.720. The Morgan fingerprint density at radius 3 is 2.93 bits per heavy atom. The van der Waals surface area contributed by atoms with Crippen LogP contribution in [0.4, 0.5) is 0 Å². The smallest absolute Gasteiger partial charge is 0.223 e. The van der Waals surface area contributed by atoms with E-state index in [9.17, 15) is 0 Å². The first-order valence-corrected chi connectivity index (χ1v) is 5.86. The van der Waals surface area contributed by atoms with Gasteiger partial charge in [0.15, 0.2) is 0 Å². The van der Waals surface area contributed by atoms with E-state index in [4.69, 9.17) is 11.6 Å². The summed E-state index contributed by atoms with van der Waals surface area (Å²) in [4.78, 5) is 15.8. The molecule has 0 bridgehead atoms. The van der Waals surface area contributed by atoms with Crippen molar-refractivity contribution in [2.45, 2.75) is 10.1 Å². The summed E-state index contributed by atoms with van der Waals surface area (Å²) in [5.74, 6) is 0. The van der Waals surface area contributed by atoms with Gasteiger partial charge in [-0.3, -0.25) is 0 Å². The van der Waals surface area contributed by atoms with Crippen LogP contribution in [0.25, 0.3) is 0 Å². The van der Waals surface area contributed by atoms with Gasteiger partial charge in [0.1, 0.15) is 16.4 Å². The van der Waals surface area contributed by atoms with Gasteiger partial charge in [-0.25, -0.2) is 19.9 Å². The third-order valence-electron chi connectivity index (χ3n) is 1.44. The fraction of sp³-hybridized carbons (Fsp3) is 0. The molecular formula is C8H4BrClN4S. The van der Waals surface area contributed by atoms with E-state index in [0.29, 0.717) is 0 Å². The van der Waals surface area contributed by atoms with Crippen molar-refractivity contribution in [2.24, 2.45) is 0 Å². The molecule has 0 atom stereocenters. The van der Waals surface area contributed by atoms with E-state index in [0.717, 1.165) is 14.5 Å². The second-order valence-electron chi connectivity index (χ2n) is 2.44. The van der Waals surface area contributed by atoms with Gasteiger partial charge in [-0.15, -0.1) is 0 Å². The summed E-state index contributed by atoms with van der Waals surface area (Å²) in [6.45, 7) is 0. The van der Waals surface area contributed by atoms with Crippen LogP contribution in [-0.2, 0) is 0 Å². The van der Waals surface area contributed by atoms with Gasteiger partial charge in [-0.2, -0.15) is 0 Å². The molecule has 0 unspecified atom stereocenters. The molecule has 7 heteroatoms. The average molecular weight is 304 g/mol. The Kier molecular flexibility index (Phi) is 3.50. The minimum atomic E-state index is 0.217. The quantitative estimate of drug-likeness (QED) is 0.631. The molecule has 0 N–H and O–H groups in total. The van der Waals surface area contributed by atoms with Gasteiger partial charge in [-0.1, -0.05) is 0 Å². The minimum absolute atomic E-state index is 0.217. The van der Waals surface area contributed by atoms with Crippen LogP contribution in [0.3, 0.4) is 0 Å². The topological polar surface area (TPSA) is 51.6 Å². The molecule has 2 heterocycles. The predicted molar refractivity (Wildman–Crippen MR) is 60.9 cm³/mol. The second kappa shape index (κ2) is 4.87. The summed E-state index contributed by atoms with van der Waals surface area (Å²) < 4.78 is 0.788. The lowest BCUT2D eigenvalue weighted by molar-refractivity contribution is 1.00. The van der Waals surface area contributed by atoms with Gasteiger partial charge in [-0.05, 0) is 45.4 Å². The largest absolute Gasteiger partial charge is 0.245 e. The lowest BCUT2D eigenvalue weighted by Gasteiger charge is -2.01. The Labute approximate surface area is 104 Å². The van der Waals surface area contributed by atoms with Crippen LogP contribution in [0, 0.1) is 0 Å². The summed E-state index contributed by atoms with van der Waals surface area (Å²) in [5, 5.41) is 1.75. The van der Waals surface area contributed by atoms with Crippen molar-refractivity contribution in [1.29, 1.82) is 0 Å². The van der Waals surface area contributed by atoms with E-state index in [1.807, 2.05) is 0 Å². The monoisotopic (exact) mass is 302 g/mol. The summed E-state index contributed by atoms with van der Waals surface area (Å²) in [7, 11) is 0. The highest BCUT2D eigenvalue weighted by atomic mass is 79.9. The Balaban J connectivity index is 2.28. The van der Waals surface area contributed by atoms with Crippen LogP contribution in [0.1, 0.15) is 0 Å². The number of hydrogen-bond donors (Lipinski definition) is 0. The van der Waals surface area contributed by atoms with Gasteiger partial charge >= 0.3 is 0 Å². The zero-order chi connectivity index (χ0) is 10.7. The molecule has 2 aromatic rings. The highest BCUT2D eigenvalue weighted by Gasteiger charge is 2.06. The van der Waals surface area contributed by atoms with Crippen LogP contribution < -0.4 is 0 Å². The van der Waals surface area contributed by atoms with Crippen LogP contribution in [-0.4, -0.2) is 19.9 Å². The molecule has 0 spiro atoms. The second-order valence-corrected chi connectivity index (χ2v) is 4.64. The third kappa shape index (κ3) is 2.87. The molecule has 0 aliphatic heterocycles. The van der Waals surface area contributed by atoms with Gasteiger partial charge in [0, 0.05) is 12.4 Å². The Morgan fingerprint density at radius 1 is 1.33 bits per heavy atom. The maximum atomic E-state index is 5.69. The molecule has 0 fully saturated rings. The van der Waals surface area contributed by atoms with Crippen LogP contribution in [0.15, 0.2) is 39.3 Å². The molecular weight excluding hydrogens is 300 g/mol. The van der Waals surface area contributed by atoms with Gasteiger partial charge < -0.3 is 0 Å². The van der Waals surface area contributed by atoms with Crippen molar-refractivity contribution in [3.8, 4) is 0 Å². The highest BCUT2D eigenvalue weighted by molar-refractivity contribution is 9.10. The molecule has 0 saturated heterocycles. The maximum Gasteiger partial charge on any atom is 0.223 e. The van der Waals surface area contributed by atoms with Gasteiger partial charge in [0.05, 0.1) is 4.47 Å². The van der Waals surface area contributed by atoms with Crippen LogP contribution in [0.5, 0.6) is 0 Å². The normalized spacial score (nSPS) is 10.3. The number of aromatic nitrogens is 4. The van der Waals surface area contributed by atoms with Crippen molar-refractivity contribution in [3.05, 3.63) is 34.5 Å². The number of nitrogens with zero attached hydrogens (tertiary/aromatic N) is 4. The van der Waals surface area contributed by atoms with Crippen molar-refractivity contribution in [1.82, 2.24) is 19.9 Å². The van der Waals surface area contributed by atoms with Gasteiger partial charge in [0.25, 0.3) is 0 Å². The van der Waals surface area contributed by atoms with Crippen molar-refractivity contribution < 1.29 is 0 Å². The van der Waals surface area contributed by atoms with Crippen LogP contribution >= 0.6 is 39.3 Å². The molecule has 0 radical (unpaired) electrons. The molecule has 0 aromatic carbocycles. The lowest BCUT2D eigenvalue weighted by atomic mass is 10.7.